The summed E-state index contributed by atoms with van der Waals surface area (Å²) in [5, 5.41) is 7.83. The smallest absolute Gasteiger partial charge is 0.188 e. The van der Waals surface area contributed by atoms with Crippen LogP contribution in [0.3, 0.4) is 0 Å². The number of thiazole rings is 2. The Morgan fingerprint density at radius 3 is 3.00 bits per heavy atom. The number of aromatic nitrogens is 2. The zero-order valence-electron chi connectivity index (χ0n) is 5.52. The molecule has 0 saturated heterocycles. The van der Waals surface area contributed by atoms with Crippen molar-refractivity contribution in [2.24, 2.45) is 0 Å². The van der Waals surface area contributed by atoms with E-state index in [-0.39, 0.29) is 0 Å². The minimum Gasteiger partial charge on any atom is -0.316 e. The molecule has 0 aliphatic heterocycles. The van der Waals surface area contributed by atoms with Gasteiger partial charge in [-0.3, -0.25) is 0 Å². The normalized spacial score (nSPS) is 9.82. The summed E-state index contributed by atoms with van der Waals surface area (Å²) in [6.45, 7) is 0. The molecule has 0 bridgehead atoms. The number of nitrogens with one attached hydrogen (secondary N) is 1. The topological polar surface area (TPSA) is 37.8 Å². The van der Waals surface area contributed by atoms with Gasteiger partial charge in [0.15, 0.2) is 5.13 Å². The maximum absolute atomic E-state index is 4.07. The van der Waals surface area contributed by atoms with Crippen LogP contribution in [0.4, 0.5) is 10.9 Å². The first-order valence-electron chi connectivity index (χ1n) is 3.00. The second kappa shape index (κ2) is 2.98. The first kappa shape index (κ1) is 6.75. The van der Waals surface area contributed by atoms with Crippen molar-refractivity contribution in [2.75, 3.05) is 5.32 Å². The van der Waals surface area contributed by atoms with Crippen LogP contribution in [0.15, 0.2) is 22.5 Å². The maximum Gasteiger partial charge on any atom is 0.188 e. The van der Waals surface area contributed by atoms with Gasteiger partial charge in [-0.25, -0.2) is 9.97 Å². The Balaban J connectivity index is 2.14. The Bertz CT molecular complexity index is 268. The molecule has 11 heavy (non-hydrogen) atoms. The second-order valence-corrected chi connectivity index (χ2v) is 3.45. The molecular weight excluding hydrogens is 178 g/mol. The summed E-state index contributed by atoms with van der Waals surface area (Å²) in [6.07, 6.45) is 1.76. The Morgan fingerprint density at radius 1 is 1.36 bits per heavy atom. The Kier molecular flexibility index (Phi) is 1.83. The number of hydrogen-bond acceptors (Lipinski definition) is 5. The van der Waals surface area contributed by atoms with Crippen LogP contribution in [0.25, 0.3) is 0 Å². The van der Waals surface area contributed by atoms with Crippen molar-refractivity contribution in [1.29, 1.82) is 0 Å². The van der Waals surface area contributed by atoms with Crippen molar-refractivity contribution in [1.82, 2.24) is 9.97 Å². The fourth-order valence-electron chi connectivity index (χ4n) is 0.669. The van der Waals surface area contributed by atoms with E-state index in [0.29, 0.717) is 0 Å². The lowest BCUT2D eigenvalue weighted by Gasteiger charge is -1.93. The zero-order chi connectivity index (χ0) is 7.52. The van der Waals surface area contributed by atoms with Gasteiger partial charge in [-0.1, -0.05) is 0 Å². The Labute approximate surface area is 71.8 Å². The second-order valence-electron chi connectivity index (χ2n) is 1.84. The Hall–Kier alpha value is -0.940. The molecule has 0 aliphatic carbocycles. The molecule has 2 rings (SSSR count). The minimum absolute atomic E-state index is 0.866. The quantitative estimate of drug-likeness (QED) is 0.776. The lowest BCUT2D eigenvalue weighted by molar-refractivity contribution is 1.34. The molecule has 5 heteroatoms. The van der Waals surface area contributed by atoms with Gasteiger partial charge < -0.3 is 5.32 Å². The molecule has 3 nitrogen and oxygen atoms in total. The van der Waals surface area contributed by atoms with Crippen molar-refractivity contribution in [3.8, 4) is 0 Å². The summed E-state index contributed by atoms with van der Waals surface area (Å²) in [4.78, 5) is 8.13. The van der Waals surface area contributed by atoms with Crippen molar-refractivity contribution >= 4 is 33.6 Å². The molecule has 0 atom stereocenters. The van der Waals surface area contributed by atoms with Crippen molar-refractivity contribution < 1.29 is 0 Å². The highest BCUT2D eigenvalue weighted by Crippen LogP contribution is 2.17. The standard InChI is InChI=1S/C6H5N3S2/c1-2-11-6(7-1)9-5-3-10-4-8-5/h1-4H,(H,7,9). The number of nitrogens with zero attached hydrogens (tertiary/aromatic N) is 2. The number of hydrogen-bond donors (Lipinski definition) is 1. The highest BCUT2D eigenvalue weighted by atomic mass is 32.1. The molecule has 0 unspecified atom stereocenters. The predicted octanol–water partition coefficient (Wildman–Crippen LogP) is 2.34. The van der Waals surface area contributed by atoms with Gasteiger partial charge in [0, 0.05) is 17.0 Å². The summed E-state index contributed by atoms with van der Waals surface area (Å²) in [6, 6.07) is 0. The van der Waals surface area contributed by atoms with Crippen LogP contribution in [-0.2, 0) is 0 Å². The molecule has 0 saturated carbocycles. The lowest BCUT2D eigenvalue weighted by atomic mass is 10.8. The summed E-state index contributed by atoms with van der Waals surface area (Å²) < 4.78 is 0. The van der Waals surface area contributed by atoms with Crippen LogP contribution in [0, 0.1) is 0 Å². The summed E-state index contributed by atoms with van der Waals surface area (Å²) >= 11 is 3.13. The summed E-state index contributed by atoms with van der Waals surface area (Å²) in [7, 11) is 0. The monoisotopic (exact) mass is 183 g/mol. The largest absolute Gasteiger partial charge is 0.316 e. The first-order valence-corrected chi connectivity index (χ1v) is 4.82. The first-order chi connectivity index (χ1) is 5.45. The molecule has 0 aromatic carbocycles. The van der Waals surface area contributed by atoms with Gasteiger partial charge in [0.1, 0.15) is 5.82 Å². The molecule has 0 radical (unpaired) electrons. The van der Waals surface area contributed by atoms with E-state index in [1.54, 1.807) is 34.4 Å². The van der Waals surface area contributed by atoms with Gasteiger partial charge in [0.25, 0.3) is 0 Å². The highest BCUT2D eigenvalue weighted by Gasteiger charge is 1.95. The van der Waals surface area contributed by atoms with Crippen molar-refractivity contribution in [2.45, 2.75) is 0 Å². The maximum atomic E-state index is 4.07. The van der Waals surface area contributed by atoms with Gasteiger partial charge in [-0.05, 0) is 0 Å². The average Bonchev–Trinajstić information content (AvgIpc) is 2.60. The zero-order valence-corrected chi connectivity index (χ0v) is 7.15. The van der Waals surface area contributed by atoms with E-state index < -0.39 is 0 Å². The van der Waals surface area contributed by atoms with Crippen LogP contribution >= 0.6 is 22.7 Å². The predicted molar refractivity (Wildman–Crippen MR) is 47.5 cm³/mol. The molecule has 2 aromatic heterocycles. The average molecular weight is 183 g/mol. The molecule has 2 heterocycles. The lowest BCUT2D eigenvalue weighted by Crippen LogP contribution is -1.87. The fraction of sp³-hybridized carbons (Fsp3) is 0. The molecule has 0 fully saturated rings. The molecule has 2 aromatic rings. The van der Waals surface area contributed by atoms with Crippen LogP contribution < -0.4 is 5.32 Å². The molecular formula is C6H5N3S2. The Morgan fingerprint density at radius 2 is 2.36 bits per heavy atom. The van der Waals surface area contributed by atoms with Crippen LogP contribution in [0.2, 0.25) is 0 Å². The third-order valence-electron chi connectivity index (χ3n) is 1.10. The van der Waals surface area contributed by atoms with Crippen LogP contribution in [0.1, 0.15) is 0 Å². The minimum atomic E-state index is 0.866. The molecule has 0 amide bonds. The van der Waals surface area contributed by atoms with Gasteiger partial charge in [-0.2, -0.15) is 0 Å². The van der Waals surface area contributed by atoms with E-state index in [2.05, 4.69) is 15.3 Å². The van der Waals surface area contributed by atoms with E-state index in [1.807, 2.05) is 10.8 Å². The number of anilines is 2. The van der Waals surface area contributed by atoms with Gasteiger partial charge in [0.05, 0.1) is 5.51 Å². The van der Waals surface area contributed by atoms with E-state index in [4.69, 9.17) is 0 Å². The fourth-order valence-corrected chi connectivity index (χ4v) is 1.69. The van der Waals surface area contributed by atoms with Gasteiger partial charge in [0.2, 0.25) is 0 Å². The molecule has 0 aliphatic rings. The molecule has 56 valence electrons. The molecule has 0 spiro atoms. The van der Waals surface area contributed by atoms with Gasteiger partial charge >= 0.3 is 0 Å². The van der Waals surface area contributed by atoms with Crippen molar-refractivity contribution in [3.05, 3.63) is 22.5 Å². The van der Waals surface area contributed by atoms with Crippen LogP contribution in [-0.4, -0.2) is 9.97 Å². The van der Waals surface area contributed by atoms with Crippen LogP contribution in [0.5, 0.6) is 0 Å². The highest BCUT2D eigenvalue weighted by molar-refractivity contribution is 7.13. The number of rotatable bonds is 2. The van der Waals surface area contributed by atoms with Crippen molar-refractivity contribution in [3.63, 3.8) is 0 Å². The van der Waals surface area contributed by atoms with E-state index in [1.165, 1.54) is 0 Å². The third-order valence-corrected chi connectivity index (χ3v) is 2.37. The van der Waals surface area contributed by atoms with E-state index in [9.17, 15) is 0 Å². The summed E-state index contributed by atoms with van der Waals surface area (Å²) in [5.41, 5.74) is 1.79. The van der Waals surface area contributed by atoms with E-state index >= 15 is 0 Å². The third kappa shape index (κ3) is 1.55. The summed E-state index contributed by atoms with van der Waals surface area (Å²) in [5.74, 6) is 0.866. The van der Waals surface area contributed by atoms with Gasteiger partial charge in [-0.15, -0.1) is 22.7 Å². The molecule has 1 N–H and O–H groups in total. The van der Waals surface area contributed by atoms with E-state index in [0.717, 1.165) is 10.9 Å². The SMILES string of the molecule is c1csc(Nc2cscn2)n1.